The summed E-state index contributed by atoms with van der Waals surface area (Å²) in [6, 6.07) is 16.2. The molecule has 0 unspecified atom stereocenters. The number of rotatable bonds is 2. The fourth-order valence-corrected chi connectivity index (χ4v) is 3.31. The summed E-state index contributed by atoms with van der Waals surface area (Å²) in [5.74, 6) is 1.28. The van der Waals surface area contributed by atoms with Crippen molar-refractivity contribution >= 4 is 6.08 Å². The Balaban J connectivity index is 1.62. The zero-order valence-electron chi connectivity index (χ0n) is 13.3. The van der Waals surface area contributed by atoms with Crippen molar-refractivity contribution in [3.05, 3.63) is 108 Å². The van der Waals surface area contributed by atoms with E-state index < -0.39 is 0 Å². The van der Waals surface area contributed by atoms with Crippen LogP contribution in [0.3, 0.4) is 0 Å². The summed E-state index contributed by atoms with van der Waals surface area (Å²) in [4.78, 5) is 0. The van der Waals surface area contributed by atoms with E-state index in [0.29, 0.717) is 0 Å². The molecule has 0 aromatic heterocycles. The molecule has 23 heavy (non-hydrogen) atoms. The van der Waals surface area contributed by atoms with E-state index >= 15 is 0 Å². The summed E-state index contributed by atoms with van der Waals surface area (Å²) in [5, 5.41) is 0. The first kappa shape index (κ1) is 14.8. The first-order chi connectivity index (χ1) is 11.4. The molecule has 0 amide bonds. The van der Waals surface area contributed by atoms with Gasteiger partial charge in [-0.15, -0.1) is 0 Å². The normalized spacial score (nSPS) is 18.4. The van der Waals surface area contributed by atoms with E-state index in [4.69, 9.17) is 0 Å². The summed E-state index contributed by atoms with van der Waals surface area (Å²) >= 11 is 0. The molecular formula is C23H21. The number of allylic oxidation sites excluding steroid dienone is 1. The minimum Gasteiger partial charge on any atom is -0.0762 e. The van der Waals surface area contributed by atoms with Gasteiger partial charge in [-0.1, -0.05) is 54.6 Å². The smallest absolute Gasteiger partial charge is 0.00501 e. The third kappa shape index (κ3) is 3.58. The Labute approximate surface area is 140 Å². The van der Waals surface area contributed by atoms with E-state index in [2.05, 4.69) is 80.3 Å². The van der Waals surface area contributed by atoms with Crippen molar-refractivity contribution < 1.29 is 0 Å². The van der Waals surface area contributed by atoms with E-state index in [1.54, 1.807) is 0 Å². The van der Waals surface area contributed by atoms with Crippen molar-refractivity contribution in [3.8, 4) is 0 Å². The highest BCUT2D eigenvalue weighted by atomic mass is 14.2. The van der Waals surface area contributed by atoms with Gasteiger partial charge in [0.15, 0.2) is 0 Å². The lowest BCUT2D eigenvalue weighted by molar-refractivity contribution is 0.919. The van der Waals surface area contributed by atoms with Gasteiger partial charge in [-0.2, -0.15) is 0 Å². The Morgan fingerprint density at radius 3 is 1.96 bits per heavy atom. The Morgan fingerprint density at radius 1 is 0.609 bits per heavy atom. The fraction of sp³-hybridized carbons (Fsp3) is 0.174. The van der Waals surface area contributed by atoms with Gasteiger partial charge in [0, 0.05) is 5.92 Å². The van der Waals surface area contributed by atoms with Crippen LogP contribution in [0.1, 0.15) is 27.8 Å². The van der Waals surface area contributed by atoms with Crippen molar-refractivity contribution in [3.63, 3.8) is 0 Å². The van der Waals surface area contributed by atoms with Gasteiger partial charge in [0.25, 0.3) is 0 Å². The zero-order valence-corrected chi connectivity index (χ0v) is 13.3. The highest BCUT2D eigenvalue weighted by Gasteiger charge is 2.14. The second-order valence-electron chi connectivity index (χ2n) is 6.40. The molecule has 113 valence electrons. The minimum absolute atomic E-state index is 1.10. The van der Waals surface area contributed by atoms with Crippen molar-refractivity contribution in [1.82, 2.24) is 0 Å². The predicted molar refractivity (Wildman–Crippen MR) is 97.2 cm³/mol. The number of aryl methyl sites for hydroxylation is 4. The van der Waals surface area contributed by atoms with Crippen molar-refractivity contribution in [1.29, 1.82) is 0 Å². The topological polar surface area (TPSA) is 0 Å². The molecule has 2 aromatic rings. The lowest BCUT2D eigenvalue weighted by Crippen LogP contribution is -2.00. The van der Waals surface area contributed by atoms with E-state index in [0.717, 1.165) is 25.7 Å². The monoisotopic (exact) mass is 297 g/mol. The molecule has 1 fully saturated rings. The third-order valence-electron chi connectivity index (χ3n) is 4.76. The first-order valence-corrected chi connectivity index (χ1v) is 8.46. The first-order valence-electron chi connectivity index (χ1n) is 8.46. The second kappa shape index (κ2) is 6.74. The van der Waals surface area contributed by atoms with Gasteiger partial charge in [0.05, 0.1) is 0 Å². The van der Waals surface area contributed by atoms with Crippen LogP contribution in [0.25, 0.3) is 6.08 Å². The number of hydrogen-bond acceptors (Lipinski definition) is 0. The molecule has 0 aliphatic heterocycles. The summed E-state index contributed by atoms with van der Waals surface area (Å²) in [5.41, 5.74) is 7.12. The molecule has 0 heterocycles. The fourth-order valence-electron chi connectivity index (χ4n) is 3.31. The maximum absolute atomic E-state index is 2.38. The van der Waals surface area contributed by atoms with Crippen molar-refractivity contribution in [2.24, 2.45) is 0 Å². The van der Waals surface area contributed by atoms with Crippen LogP contribution < -0.4 is 0 Å². The lowest BCUT2D eigenvalue weighted by atomic mass is 9.92. The SMILES string of the molecule is [CH]1[CH][CH][C](/C=C/c2cc3ccc2CCc2ccc(cc2)CC3)[CH]1. The summed E-state index contributed by atoms with van der Waals surface area (Å²) in [6.07, 6.45) is 17.4. The van der Waals surface area contributed by atoms with E-state index in [9.17, 15) is 0 Å². The van der Waals surface area contributed by atoms with Gasteiger partial charge >= 0.3 is 0 Å². The van der Waals surface area contributed by atoms with Crippen LogP contribution in [0.2, 0.25) is 0 Å². The molecule has 5 radical (unpaired) electrons. The minimum atomic E-state index is 1.10. The Hall–Kier alpha value is -1.82. The largest absolute Gasteiger partial charge is 0.0762 e. The zero-order chi connectivity index (χ0) is 15.5. The molecule has 0 atom stereocenters. The molecule has 0 nitrogen and oxygen atoms in total. The van der Waals surface area contributed by atoms with Crippen LogP contribution in [-0.2, 0) is 25.7 Å². The highest BCUT2D eigenvalue weighted by Crippen LogP contribution is 2.26. The quantitative estimate of drug-likeness (QED) is 0.732. The average Bonchev–Trinajstić information content (AvgIpc) is 3.09. The molecule has 4 bridgehead atoms. The van der Waals surface area contributed by atoms with Gasteiger partial charge in [-0.25, -0.2) is 0 Å². The molecule has 0 heteroatoms. The number of benzene rings is 2. The molecule has 0 spiro atoms. The van der Waals surface area contributed by atoms with Crippen LogP contribution in [0.5, 0.6) is 0 Å². The van der Waals surface area contributed by atoms with Crippen LogP contribution in [0, 0.1) is 31.6 Å². The van der Waals surface area contributed by atoms with E-state index in [1.807, 2.05) is 0 Å². The highest BCUT2D eigenvalue weighted by molar-refractivity contribution is 5.60. The predicted octanol–water partition coefficient (Wildman–Crippen LogP) is 4.99. The summed E-state index contributed by atoms with van der Waals surface area (Å²) in [6.45, 7) is 0. The molecule has 5 aliphatic carbocycles. The third-order valence-corrected chi connectivity index (χ3v) is 4.76. The molecule has 0 saturated heterocycles. The Bertz CT molecular complexity index is 684. The van der Waals surface area contributed by atoms with Crippen LogP contribution in [0.4, 0.5) is 0 Å². The van der Waals surface area contributed by atoms with Crippen LogP contribution >= 0.6 is 0 Å². The van der Waals surface area contributed by atoms with E-state index in [-0.39, 0.29) is 0 Å². The van der Waals surface area contributed by atoms with Crippen LogP contribution in [-0.4, -0.2) is 0 Å². The molecule has 7 rings (SSSR count). The molecule has 2 aromatic carbocycles. The Morgan fingerprint density at radius 2 is 1.22 bits per heavy atom. The molecule has 5 aliphatic rings. The van der Waals surface area contributed by atoms with Gasteiger partial charge in [0.2, 0.25) is 0 Å². The Kier molecular flexibility index (Phi) is 4.33. The maximum atomic E-state index is 2.38. The summed E-state index contributed by atoms with van der Waals surface area (Å²) < 4.78 is 0. The van der Waals surface area contributed by atoms with Gasteiger partial charge < -0.3 is 0 Å². The maximum Gasteiger partial charge on any atom is 0.00501 e. The van der Waals surface area contributed by atoms with Gasteiger partial charge in [0.1, 0.15) is 0 Å². The second-order valence-corrected chi connectivity index (χ2v) is 6.40. The molecular weight excluding hydrogens is 276 g/mol. The standard InChI is InChI=1S/C23H21/c1-2-4-18(3-1)12-16-23-17-21-10-9-19-5-7-20(8-6-19)11-14-22(23)15-13-21/h1-8,12-13,15-17H,9-11,14H2/b16-12+. The van der Waals surface area contributed by atoms with Crippen molar-refractivity contribution in [2.75, 3.05) is 0 Å². The summed E-state index contributed by atoms with van der Waals surface area (Å²) in [7, 11) is 0. The average molecular weight is 297 g/mol. The van der Waals surface area contributed by atoms with Gasteiger partial charge in [-0.3, -0.25) is 0 Å². The van der Waals surface area contributed by atoms with Gasteiger partial charge in [-0.05, 0) is 79.2 Å². The van der Waals surface area contributed by atoms with Crippen LogP contribution in [0.15, 0.2) is 48.5 Å². The van der Waals surface area contributed by atoms with Crippen molar-refractivity contribution in [2.45, 2.75) is 25.7 Å². The molecule has 0 N–H and O–H groups in total. The van der Waals surface area contributed by atoms with E-state index in [1.165, 1.54) is 33.7 Å². The lowest BCUT2D eigenvalue weighted by Gasteiger charge is -2.13. The number of hydrogen-bond donors (Lipinski definition) is 0. The molecule has 1 saturated carbocycles.